The number of alkyl halides is 1. The van der Waals surface area contributed by atoms with E-state index < -0.39 is 0 Å². The van der Waals surface area contributed by atoms with E-state index >= 15 is 0 Å². The van der Waals surface area contributed by atoms with Crippen LogP contribution < -0.4 is 5.32 Å². The maximum Gasteiger partial charge on any atom is 0.409 e. The number of nitrogens with zero attached hydrogens (tertiary/aromatic N) is 1. The number of piperidine rings is 1. The van der Waals surface area contributed by atoms with Crippen LogP contribution in [-0.2, 0) is 4.74 Å². The second-order valence-corrected chi connectivity index (χ2v) is 5.92. The van der Waals surface area contributed by atoms with Gasteiger partial charge in [0.15, 0.2) is 0 Å². The van der Waals surface area contributed by atoms with Gasteiger partial charge in [-0.15, -0.1) is 24.2 Å². The number of thiol groups is 1. The van der Waals surface area contributed by atoms with Crippen LogP contribution in [0.5, 0.6) is 0 Å². The third kappa shape index (κ3) is 4.55. The van der Waals surface area contributed by atoms with E-state index in [1.807, 2.05) is 12.1 Å². The molecule has 1 aliphatic rings. The summed E-state index contributed by atoms with van der Waals surface area (Å²) in [4.78, 5) is 26.2. The first-order valence-electron chi connectivity index (χ1n) is 7.18. The van der Waals surface area contributed by atoms with Crippen molar-refractivity contribution in [1.29, 1.82) is 0 Å². The number of ether oxygens (including phenoxy) is 1. The summed E-state index contributed by atoms with van der Waals surface area (Å²) in [6.07, 6.45) is 1.07. The van der Waals surface area contributed by atoms with E-state index in [1.54, 1.807) is 17.0 Å². The van der Waals surface area contributed by atoms with Crippen molar-refractivity contribution in [1.82, 2.24) is 10.2 Å². The normalized spacial score (nSPS) is 15.5. The average molecular weight is 343 g/mol. The Balaban J connectivity index is 1.81. The Labute approximate surface area is 140 Å². The Morgan fingerprint density at radius 3 is 2.64 bits per heavy atom. The average Bonchev–Trinajstić information content (AvgIpc) is 2.53. The van der Waals surface area contributed by atoms with Gasteiger partial charge in [-0.2, -0.15) is 0 Å². The van der Waals surface area contributed by atoms with Crippen LogP contribution in [0.1, 0.15) is 23.2 Å². The summed E-state index contributed by atoms with van der Waals surface area (Å²) < 4.78 is 4.99. The van der Waals surface area contributed by atoms with Gasteiger partial charge in [-0.3, -0.25) is 4.79 Å². The first-order chi connectivity index (χ1) is 10.6. The highest BCUT2D eigenvalue weighted by atomic mass is 35.5. The molecule has 2 rings (SSSR count). The van der Waals surface area contributed by atoms with Crippen molar-refractivity contribution >= 4 is 36.2 Å². The molecule has 7 heteroatoms. The van der Waals surface area contributed by atoms with Crippen LogP contribution >= 0.6 is 24.2 Å². The third-order valence-electron chi connectivity index (χ3n) is 3.54. The number of likely N-dealkylation sites (tertiary alicyclic amines) is 1. The topological polar surface area (TPSA) is 58.6 Å². The second-order valence-electron chi connectivity index (χ2n) is 5.06. The number of carbonyl (C=O) groups excluding carboxylic acids is 2. The highest BCUT2D eigenvalue weighted by Crippen LogP contribution is 2.15. The quantitative estimate of drug-likeness (QED) is 0.653. The molecule has 0 radical (unpaired) electrons. The van der Waals surface area contributed by atoms with Crippen molar-refractivity contribution in [2.75, 3.05) is 25.6 Å². The number of rotatable bonds is 4. The lowest BCUT2D eigenvalue weighted by atomic mass is 10.0. The van der Waals surface area contributed by atoms with E-state index in [0.29, 0.717) is 42.3 Å². The van der Waals surface area contributed by atoms with Crippen molar-refractivity contribution in [3.8, 4) is 0 Å². The number of hydrogen-bond donors (Lipinski definition) is 2. The molecule has 0 saturated carbocycles. The Morgan fingerprint density at radius 2 is 2.00 bits per heavy atom. The zero-order valence-electron chi connectivity index (χ0n) is 12.1. The maximum absolute atomic E-state index is 12.2. The molecule has 2 amide bonds. The van der Waals surface area contributed by atoms with Gasteiger partial charge in [-0.05, 0) is 25.0 Å². The summed E-state index contributed by atoms with van der Waals surface area (Å²) in [6.45, 7) is 1.35. The van der Waals surface area contributed by atoms with Crippen LogP contribution in [-0.4, -0.2) is 48.5 Å². The van der Waals surface area contributed by atoms with Crippen LogP contribution in [0.2, 0.25) is 0 Å². The number of carbonyl (C=O) groups is 2. The predicted molar refractivity (Wildman–Crippen MR) is 87.8 cm³/mol. The molecule has 1 heterocycles. The molecule has 120 valence electrons. The molecule has 1 saturated heterocycles. The van der Waals surface area contributed by atoms with Crippen molar-refractivity contribution in [2.45, 2.75) is 23.8 Å². The predicted octanol–water partition coefficient (Wildman–Crippen LogP) is 2.54. The molecule has 1 aromatic rings. The highest BCUT2D eigenvalue weighted by molar-refractivity contribution is 7.80. The molecule has 22 heavy (non-hydrogen) atoms. The lowest BCUT2D eigenvalue weighted by Crippen LogP contribution is -2.46. The molecule has 0 aliphatic carbocycles. The van der Waals surface area contributed by atoms with Crippen LogP contribution in [0.4, 0.5) is 4.79 Å². The fraction of sp³-hybridized carbons (Fsp3) is 0.467. The summed E-state index contributed by atoms with van der Waals surface area (Å²) in [7, 11) is 0. The molecule has 0 bridgehead atoms. The van der Waals surface area contributed by atoms with E-state index in [0.717, 1.165) is 0 Å². The zero-order valence-corrected chi connectivity index (χ0v) is 13.8. The van der Waals surface area contributed by atoms with Gasteiger partial charge < -0.3 is 15.0 Å². The molecule has 0 spiro atoms. The molecule has 0 unspecified atom stereocenters. The Morgan fingerprint density at radius 1 is 1.32 bits per heavy atom. The summed E-state index contributed by atoms with van der Waals surface area (Å²) >= 11 is 9.77. The Kier molecular flexibility index (Phi) is 6.39. The first-order valence-corrected chi connectivity index (χ1v) is 8.16. The van der Waals surface area contributed by atoms with Gasteiger partial charge in [0.05, 0.1) is 11.4 Å². The van der Waals surface area contributed by atoms with E-state index in [2.05, 4.69) is 17.9 Å². The number of amides is 2. The standard InChI is InChI=1S/C15H19ClN2O3S/c16-7-10-21-15(20)18-8-5-11(6-9-18)17-14(19)12-3-1-2-4-13(12)22/h1-4,11,22H,5-10H2,(H,17,19). The Bertz CT molecular complexity index is 533. The van der Waals surface area contributed by atoms with Crippen LogP contribution in [0.3, 0.4) is 0 Å². The molecular formula is C15H19ClN2O3S. The van der Waals surface area contributed by atoms with E-state index in [1.165, 1.54) is 0 Å². The van der Waals surface area contributed by atoms with E-state index in [-0.39, 0.29) is 24.6 Å². The van der Waals surface area contributed by atoms with Crippen molar-refractivity contribution in [3.63, 3.8) is 0 Å². The fourth-order valence-electron chi connectivity index (χ4n) is 2.35. The molecule has 1 N–H and O–H groups in total. The minimum Gasteiger partial charge on any atom is -0.448 e. The van der Waals surface area contributed by atoms with E-state index in [4.69, 9.17) is 16.3 Å². The molecule has 0 atom stereocenters. The smallest absolute Gasteiger partial charge is 0.409 e. The van der Waals surface area contributed by atoms with Gasteiger partial charge in [-0.25, -0.2) is 4.79 Å². The van der Waals surface area contributed by atoms with Crippen LogP contribution in [0, 0.1) is 0 Å². The summed E-state index contributed by atoms with van der Waals surface area (Å²) in [5.41, 5.74) is 0.565. The summed E-state index contributed by atoms with van der Waals surface area (Å²) in [5.74, 6) is 0.162. The van der Waals surface area contributed by atoms with Gasteiger partial charge in [-0.1, -0.05) is 12.1 Å². The third-order valence-corrected chi connectivity index (χ3v) is 4.08. The van der Waals surface area contributed by atoms with Gasteiger partial charge in [0.25, 0.3) is 5.91 Å². The van der Waals surface area contributed by atoms with Crippen molar-refractivity contribution < 1.29 is 14.3 Å². The zero-order chi connectivity index (χ0) is 15.9. The van der Waals surface area contributed by atoms with Gasteiger partial charge in [0.1, 0.15) is 6.61 Å². The van der Waals surface area contributed by atoms with Crippen molar-refractivity contribution in [3.05, 3.63) is 29.8 Å². The lowest BCUT2D eigenvalue weighted by Gasteiger charge is -2.31. The molecule has 5 nitrogen and oxygen atoms in total. The molecule has 1 aromatic carbocycles. The molecule has 0 aromatic heterocycles. The highest BCUT2D eigenvalue weighted by Gasteiger charge is 2.25. The van der Waals surface area contributed by atoms with E-state index in [9.17, 15) is 9.59 Å². The number of hydrogen-bond acceptors (Lipinski definition) is 4. The molecular weight excluding hydrogens is 324 g/mol. The van der Waals surface area contributed by atoms with Gasteiger partial charge >= 0.3 is 6.09 Å². The minimum absolute atomic E-state index is 0.0533. The van der Waals surface area contributed by atoms with Crippen LogP contribution in [0.15, 0.2) is 29.2 Å². The number of nitrogens with one attached hydrogen (secondary N) is 1. The summed E-state index contributed by atoms with van der Waals surface area (Å²) in [6, 6.07) is 7.23. The maximum atomic E-state index is 12.2. The summed E-state index contributed by atoms with van der Waals surface area (Å²) in [5, 5.41) is 2.99. The first kappa shape index (κ1) is 17.0. The van der Waals surface area contributed by atoms with Crippen molar-refractivity contribution in [2.24, 2.45) is 0 Å². The van der Waals surface area contributed by atoms with Gasteiger partial charge in [0.2, 0.25) is 0 Å². The SMILES string of the molecule is O=C(NC1CCN(C(=O)OCCCl)CC1)c1ccccc1S. The van der Waals surface area contributed by atoms with Crippen LogP contribution in [0.25, 0.3) is 0 Å². The molecule has 1 aliphatic heterocycles. The number of benzene rings is 1. The fourth-order valence-corrected chi connectivity index (χ4v) is 2.69. The Hall–Kier alpha value is -1.40. The second kappa shape index (κ2) is 8.29. The minimum atomic E-state index is -0.342. The monoisotopic (exact) mass is 342 g/mol. The van der Waals surface area contributed by atoms with Gasteiger partial charge in [0, 0.05) is 24.0 Å². The number of halogens is 1. The largest absolute Gasteiger partial charge is 0.448 e. The lowest BCUT2D eigenvalue weighted by molar-refractivity contribution is 0.0860. The molecule has 1 fully saturated rings.